The largest absolute Gasteiger partial charge is 0.392 e. The molecular weight excluding hydrogens is 209 g/mol. The van der Waals surface area contributed by atoms with E-state index in [-0.39, 0.29) is 12.1 Å². The average Bonchev–Trinajstić information content (AvgIpc) is 2.16. The van der Waals surface area contributed by atoms with Crippen LogP contribution in [0.4, 0.5) is 0 Å². The maximum Gasteiger partial charge on any atom is 0.0693 e. The van der Waals surface area contributed by atoms with E-state index in [9.17, 15) is 5.11 Å². The summed E-state index contributed by atoms with van der Waals surface area (Å²) in [7, 11) is 0. The number of nitrogens with one attached hydrogen (secondary N) is 1. The maximum absolute atomic E-state index is 9.60. The van der Waals surface area contributed by atoms with E-state index >= 15 is 0 Å². The van der Waals surface area contributed by atoms with Gasteiger partial charge in [-0.15, -0.1) is 0 Å². The molecule has 0 aromatic rings. The number of hydrogen-bond acceptors (Lipinski definition) is 2. The molecule has 0 heterocycles. The Morgan fingerprint density at radius 2 is 2.15 bits per heavy atom. The average molecular weight is 224 g/mol. The first-order valence-corrected chi connectivity index (χ1v) is 5.41. The van der Waals surface area contributed by atoms with Crippen LogP contribution in [0.25, 0.3) is 0 Å². The number of aliphatic hydroxyl groups is 1. The smallest absolute Gasteiger partial charge is 0.0693 e. The molecule has 0 radical (unpaired) electrons. The standard InChI is InChI=1S/C9H15Cl2NO/c10-5-7(11)6-12-8-3-1-2-4-9(8)13/h5,8-9,12-13H,1-4,6H2. The van der Waals surface area contributed by atoms with Gasteiger partial charge in [0.15, 0.2) is 0 Å². The molecule has 1 fully saturated rings. The molecule has 2 unspecified atom stereocenters. The Hall–Kier alpha value is 0.240. The van der Waals surface area contributed by atoms with Gasteiger partial charge in [-0.3, -0.25) is 0 Å². The Morgan fingerprint density at radius 3 is 2.77 bits per heavy atom. The fourth-order valence-electron chi connectivity index (χ4n) is 1.62. The summed E-state index contributed by atoms with van der Waals surface area (Å²) in [6, 6.07) is 0.180. The topological polar surface area (TPSA) is 32.3 Å². The van der Waals surface area contributed by atoms with E-state index in [1.54, 1.807) is 0 Å². The number of aliphatic hydroxyl groups excluding tert-OH is 1. The Labute approximate surface area is 88.9 Å². The summed E-state index contributed by atoms with van der Waals surface area (Å²) in [6.07, 6.45) is 3.98. The van der Waals surface area contributed by atoms with Gasteiger partial charge in [0.1, 0.15) is 0 Å². The molecule has 2 N–H and O–H groups in total. The van der Waals surface area contributed by atoms with E-state index in [0.717, 1.165) is 19.3 Å². The van der Waals surface area contributed by atoms with Crippen molar-refractivity contribution in [3.63, 3.8) is 0 Å². The Balaban J connectivity index is 2.26. The quantitative estimate of drug-likeness (QED) is 0.770. The second-order valence-electron chi connectivity index (χ2n) is 3.40. The number of rotatable bonds is 3. The summed E-state index contributed by atoms with van der Waals surface area (Å²) in [6.45, 7) is 0.548. The van der Waals surface area contributed by atoms with Crippen molar-refractivity contribution in [3.8, 4) is 0 Å². The van der Waals surface area contributed by atoms with Gasteiger partial charge >= 0.3 is 0 Å². The minimum atomic E-state index is -0.228. The molecule has 2 nitrogen and oxygen atoms in total. The van der Waals surface area contributed by atoms with Crippen LogP contribution in [-0.4, -0.2) is 23.8 Å². The van der Waals surface area contributed by atoms with Crippen LogP contribution in [0.3, 0.4) is 0 Å². The van der Waals surface area contributed by atoms with Crippen molar-refractivity contribution in [3.05, 3.63) is 10.6 Å². The van der Waals surface area contributed by atoms with E-state index in [1.165, 1.54) is 12.0 Å². The first-order chi connectivity index (χ1) is 6.24. The minimum Gasteiger partial charge on any atom is -0.392 e. The molecule has 0 aliphatic heterocycles. The van der Waals surface area contributed by atoms with Crippen LogP contribution in [-0.2, 0) is 0 Å². The van der Waals surface area contributed by atoms with Crippen molar-refractivity contribution in [1.82, 2.24) is 5.32 Å². The molecular formula is C9H15Cl2NO. The zero-order chi connectivity index (χ0) is 9.68. The lowest BCUT2D eigenvalue weighted by Gasteiger charge is -2.28. The van der Waals surface area contributed by atoms with Crippen molar-refractivity contribution in [2.24, 2.45) is 0 Å². The summed E-state index contributed by atoms with van der Waals surface area (Å²) < 4.78 is 0. The highest BCUT2D eigenvalue weighted by Gasteiger charge is 2.21. The van der Waals surface area contributed by atoms with E-state index < -0.39 is 0 Å². The third kappa shape index (κ3) is 3.86. The molecule has 0 saturated heterocycles. The van der Waals surface area contributed by atoms with Gasteiger partial charge < -0.3 is 10.4 Å². The van der Waals surface area contributed by atoms with Crippen LogP contribution in [0.2, 0.25) is 0 Å². The van der Waals surface area contributed by atoms with Crippen molar-refractivity contribution in [2.45, 2.75) is 37.8 Å². The van der Waals surface area contributed by atoms with E-state index in [0.29, 0.717) is 11.6 Å². The summed E-state index contributed by atoms with van der Waals surface area (Å²) in [5.74, 6) is 0. The Kier molecular flexibility index (Phi) is 5.10. The van der Waals surface area contributed by atoms with E-state index in [1.807, 2.05) is 0 Å². The number of hydrogen-bond donors (Lipinski definition) is 2. The van der Waals surface area contributed by atoms with E-state index in [4.69, 9.17) is 23.2 Å². The van der Waals surface area contributed by atoms with Gasteiger partial charge in [0.05, 0.1) is 6.10 Å². The first-order valence-electron chi connectivity index (χ1n) is 4.60. The molecule has 1 saturated carbocycles. The molecule has 1 aliphatic carbocycles. The third-order valence-electron chi connectivity index (χ3n) is 2.38. The highest BCUT2D eigenvalue weighted by molar-refractivity contribution is 6.36. The highest BCUT2D eigenvalue weighted by atomic mass is 35.5. The molecule has 1 aliphatic rings. The molecule has 4 heteroatoms. The Bertz CT molecular complexity index is 184. The molecule has 0 spiro atoms. The van der Waals surface area contributed by atoms with Gasteiger partial charge in [-0.2, -0.15) is 0 Å². The molecule has 1 rings (SSSR count). The third-order valence-corrected chi connectivity index (χ3v) is 3.00. The zero-order valence-electron chi connectivity index (χ0n) is 7.47. The lowest BCUT2D eigenvalue weighted by atomic mass is 9.93. The van der Waals surface area contributed by atoms with Gasteiger partial charge in [0.25, 0.3) is 0 Å². The van der Waals surface area contributed by atoms with Crippen LogP contribution < -0.4 is 5.32 Å². The lowest BCUT2D eigenvalue weighted by molar-refractivity contribution is 0.0927. The van der Waals surface area contributed by atoms with Crippen LogP contribution in [0.5, 0.6) is 0 Å². The molecule has 0 bridgehead atoms. The maximum atomic E-state index is 9.60. The summed E-state index contributed by atoms with van der Waals surface area (Å²) in [5, 5.41) is 13.4. The molecule has 0 amide bonds. The fraction of sp³-hybridized carbons (Fsp3) is 0.778. The Morgan fingerprint density at radius 1 is 1.46 bits per heavy atom. The van der Waals surface area contributed by atoms with Gasteiger partial charge in [0, 0.05) is 23.2 Å². The molecule has 0 aromatic heterocycles. The lowest BCUT2D eigenvalue weighted by Crippen LogP contribution is -2.42. The normalized spacial score (nSPS) is 30.5. The molecule has 2 atom stereocenters. The zero-order valence-corrected chi connectivity index (χ0v) is 8.98. The molecule has 76 valence electrons. The summed E-state index contributed by atoms with van der Waals surface area (Å²) >= 11 is 11.1. The monoisotopic (exact) mass is 223 g/mol. The van der Waals surface area contributed by atoms with Crippen molar-refractivity contribution >= 4 is 23.2 Å². The van der Waals surface area contributed by atoms with Crippen LogP contribution in [0.15, 0.2) is 10.6 Å². The van der Waals surface area contributed by atoms with Crippen LogP contribution >= 0.6 is 23.2 Å². The van der Waals surface area contributed by atoms with Gasteiger partial charge in [-0.1, -0.05) is 36.0 Å². The predicted molar refractivity (Wildman–Crippen MR) is 56.1 cm³/mol. The highest BCUT2D eigenvalue weighted by Crippen LogP contribution is 2.18. The van der Waals surface area contributed by atoms with E-state index in [2.05, 4.69) is 5.32 Å². The first kappa shape index (κ1) is 11.3. The molecule has 13 heavy (non-hydrogen) atoms. The van der Waals surface area contributed by atoms with Gasteiger partial charge in [-0.05, 0) is 12.8 Å². The van der Waals surface area contributed by atoms with Gasteiger partial charge in [-0.25, -0.2) is 0 Å². The summed E-state index contributed by atoms with van der Waals surface area (Å²) in [5.41, 5.74) is 1.35. The van der Waals surface area contributed by atoms with Crippen molar-refractivity contribution < 1.29 is 5.11 Å². The second kappa shape index (κ2) is 5.86. The van der Waals surface area contributed by atoms with Crippen molar-refractivity contribution in [1.29, 1.82) is 0 Å². The van der Waals surface area contributed by atoms with Gasteiger partial charge in [0.2, 0.25) is 0 Å². The minimum absolute atomic E-state index is 0.180. The summed E-state index contributed by atoms with van der Waals surface area (Å²) in [4.78, 5) is 0. The van der Waals surface area contributed by atoms with Crippen LogP contribution in [0.1, 0.15) is 25.7 Å². The SMILES string of the molecule is OC1CCCCC1NCC(Cl)=CCl. The number of halogens is 2. The molecule has 0 aromatic carbocycles. The van der Waals surface area contributed by atoms with Crippen molar-refractivity contribution in [2.75, 3.05) is 6.54 Å². The van der Waals surface area contributed by atoms with Crippen LogP contribution in [0, 0.1) is 0 Å². The second-order valence-corrected chi connectivity index (χ2v) is 4.10. The fourth-order valence-corrected chi connectivity index (χ4v) is 1.77. The predicted octanol–water partition coefficient (Wildman–Crippen LogP) is 2.20.